The predicted octanol–water partition coefficient (Wildman–Crippen LogP) is 2.57. The molecule has 3 amide bonds. The van der Waals surface area contributed by atoms with Gasteiger partial charge < -0.3 is 19.9 Å². The van der Waals surface area contributed by atoms with E-state index in [4.69, 9.17) is 4.74 Å². The number of hydrogen-bond donors (Lipinski definition) is 2. The zero-order chi connectivity index (χ0) is 28.6. The van der Waals surface area contributed by atoms with Gasteiger partial charge >= 0.3 is 6.03 Å². The third-order valence-corrected chi connectivity index (χ3v) is 8.30. The Kier molecular flexibility index (Phi) is 7.44. The standard InChI is InChI=1S/C28H34N8O4/c1-34(2)15-25(38)35(3)28-11-19(12-28)36(26-20(28)9-8-18(16-37)31-26)27(39)33-24-10-22(17(13-29)14-30-24)32-21-6-5-7-23(21)40-4/h8-10,14,16,19,21,23H,5-7,11-12,15H2,1-4H3,(H2,30,32,33,39). The summed E-state index contributed by atoms with van der Waals surface area (Å²) < 4.78 is 5.57. The maximum atomic E-state index is 13.7. The number of amides is 3. The third kappa shape index (κ3) is 4.76. The highest BCUT2D eigenvalue weighted by Crippen LogP contribution is 2.56. The number of likely N-dealkylation sites (N-methyl/N-ethyl adjacent to an activating group) is 2. The fourth-order valence-electron chi connectivity index (χ4n) is 6.18. The number of carbonyl (C=O) groups is 3. The molecule has 2 N–H and O–H groups in total. The molecule has 40 heavy (non-hydrogen) atoms. The van der Waals surface area contributed by atoms with Crippen LogP contribution in [0.4, 0.5) is 22.1 Å². The molecule has 4 aliphatic rings. The minimum atomic E-state index is -0.596. The van der Waals surface area contributed by atoms with Crippen LogP contribution in [0.1, 0.15) is 53.7 Å². The van der Waals surface area contributed by atoms with Crippen molar-refractivity contribution >= 4 is 35.5 Å². The molecule has 210 valence electrons. The number of aldehydes is 1. The molecule has 6 rings (SSSR count). The fraction of sp³-hybridized carbons (Fsp3) is 0.500. The number of nitrogens with one attached hydrogen (secondary N) is 2. The first kappa shape index (κ1) is 27.5. The van der Waals surface area contributed by atoms with Gasteiger partial charge in [-0.25, -0.2) is 14.8 Å². The van der Waals surface area contributed by atoms with Crippen LogP contribution in [0.15, 0.2) is 24.4 Å². The summed E-state index contributed by atoms with van der Waals surface area (Å²) in [5.74, 6) is 0.600. The number of anilines is 3. The van der Waals surface area contributed by atoms with E-state index in [-0.39, 0.29) is 42.2 Å². The molecule has 2 aliphatic carbocycles. The summed E-state index contributed by atoms with van der Waals surface area (Å²) in [6.07, 6.45) is 6.10. The SMILES string of the molecule is COC1CCCC1Nc1cc(NC(=O)N2c3nc(C=O)ccc3C3(N(C)C(=O)CN(C)C)CC2C3)ncc1C#N. The highest BCUT2D eigenvalue weighted by atomic mass is 16.5. The van der Waals surface area contributed by atoms with Crippen LogP contribution in [-0.4, -0.2) is 91.0 Å². The second-order valence-electron chi connectivity index (χ2n) is 11.0. The number of ether oxygens (including phenoxy) is 1. The number of urea groups is 1. The number of nitriles is 1. The van der Waals surface area contributed by atoms with Gasteiger partial charge in [0.15, 0.2) is 6.29 Å². The highest BCUT2D eigenvalue weighted by Gasteiger charge is 2.59. The first-order valence-corrected chi connectivity index (χ1v) is 13.4. The second kappa shape index (κ2) is 10.8. The number of nitrogens with zero attached hydrogens (tertiary/aromatic N) is 6. The average Bonchev–Trinajstić information content (AvgIpc) is 3.37. The zero-order valence-corrected chi connectivity index (χ0v) is 23.2. The summed E-state index contributed by atoms with van der Waals surface area (Å²) in [6.45, 7) is 0.259. The van der Waals surface area contributed by atoms with Crippen LogP contribution < -0.4 is 15.5 Å². The Morgan fingerprint density at radius 3 is 2.73 bits per heavy atom. The third-order valence-electron chi connectivity index (χ3n) is 8.30. The van der Waals surface area contributed by atoms with Crippen molar-refractivity contribution in [2.45, 2.75) is 55.8 Å². The topological polar surface area (TPSA) is 144 Å². The van der Waals surface area contributed by atoms with E-state index in [1.807, 2.05) is 19.0 Å². The number of hydrogen-bond acceptors (Lipinski definition) is 9. The quantitative estimate of drug-likeness (QED) is 0.477. The molecular formula is C28H34N8O4. The fourth-order valence-corrected chi connectivity index (χ4v) is 6.18. The van der Waals surface area contributed by atoms with Gasteiger partial charge in [-0.2, -0.15) is 5.26 Å². The Morgan fingerprint density at radius 1 is 1.27 bits per heavy atom. The molecule has 0 aromatic carbocycles. The van der Waals surface area contributed by atoms with E-state index in [2.05, 4.69) is 26.7 Å². The first-order valence-electron chi connectivity index (χ1n) is 13.4. The first-order chi connectivity index (χ1) is 19.2. The largest absolute Gasteiger partial charge is 0.379 e. The van der Waals surface area contributed by atoms with Crippen LogP contribution in [0.3, 0.4) is 0 Å². The van der Waals surface area contributed by atoms with Gasteiger partial charge in [0, 0.05) is 38.0 Å². The van der Waals surface area contributed by atoms with E-state index >= 15 is 0 Å². The summed E-state index contributed by atoms with van der Waals surface area (Å²) >= 11 is 0. The van der Waals surface area contributed by atoms with Gasteiger partial charge in [0.2, 0.25) is 5.91 Å². The molecule has 2 fully saturated rings. The van der Waals surface area contributed by atoms with Crippen LogP contribution in [0.5, 0.6) is 0 Å². The van der Waals surface area contributed by atoms with Crippen LogP contribution in [0.2, 0.25) is 0 Å². The van der Waals surface area contributed by atoms with Crippen molar-refractivity contribution in [1.29, 1.82) is 5.26 Å². The summed E-state index contributed by atoms with van der Waals surface area (Å²) in [5.41, 5.74) is 1.27. The van der Waals surface area contributed by atoms with E-state index < -0.39 is 11.6 Å². The van der Waals surface area contributed by atoms with E-state index in [1.54, 1.807) is 42.2 Å². The Hall–Kier alpha value is -4.08. The van der Waals surface area contributed by atoms with Gasteiger partial charge in [-0.05, 0) is 52.3 Å². The Bertz CT molecular complexity index is 1370. The second-order valence-corrected chi connectivity index (χ2v) is 11.0. The van der Waals surface area contributed by atoms with Crippen molar-refractivity contribution in [2.24, 2.45) is 0 Å². The molecule has 4 heterocycles. The molecule has 12 nitrogen and oxygen atoms in total. The van der Waals surface area contributed by atoms with Crippen molar-refractivity contribution in [3.05, 3.63) is 41.2 Å². The minimum absolute atomic E-state index is 0.0356. The molecule has 0 saturated heterocycles. The normalized spacial score (nSPS) is 24.5. The lowest BCUT2D eigenvalue weighted by Gasteiger charge is -2.60. The molecule has 12 heteroatoms. The van der Waals surface area contributed by atoms with Crippen molar-refractivity contribution in [2.75, 3.05) is 50.3 Å². The lowest BCUT2D eigenvalue weighted by Crippen LogP contribution is -2.68. The summed E-state index contributed by atoms with van der Waals surface area (Å²) in [4.78, 5) is 52.2. The summed E-state index contributed by atoms with van der Waals surface area (Å²) in [7, 11) is 7.14. The molecule has 2 unspecified atom stereocenters. The van der Waals surface area contributed by atoms with Gasteiger partial charge in [0.25, 0.3) is 0 Å². The predicted molar refractivity (Wildman–Crippen MR) is 148 cm³/mol. The van der Waals surface area contributed by atoms with Crippen LogP contribution in [-0.2, 0) is 15.1 Å². The van der Waals surface area contributed by atoms with Gasteiger partial charge in [-0.15, -0.1) is 0 Å². The molecule has 2 aliphatic heterocycles. The Balaban J connectivity index is 1.42. The van der Waals surface area contributed by atoms with Crippen LogP contribution in [0.25, 0.3) is 0 Å². The molecule has 2 atom stereocenters. The van der Waals surface area contributed by atoms with Crippen molar-refractivity contribution < 1.29 is 19.1 Å². The maximum absolute atomic E-state index is 13.7. The van der Waals surface area contributed by atoms with E-state index in [9.17, 15) is 19.6 Å². The van der Waals surface area contributed by atoms with E-state index in [1.165, 1.54) is 6.20 Å². The smallest absolute Gasteiger partial charge is 0.328 e. The van der Waals surface area contributed by atoms with Gasteiger partial charge in [-0.1, -0.05) is 6.07 Å². The molecule has 0 radical (unpaired) electrons. The van der Waals surface area contributed by atoms with Gasteiger partial charge in [0.05, 0.1) is 35.5 Å². The van der Waals surface area contributed by atoms with E-state index in [0.29, 0.717) is 36.2 Å². The summed E-state index contributed by atoms with van der Waals surface area (Å²) in [5, 5.41) is 15.9. The van der Waals surface area contributed by atoms with Crippen LogP contribution >= 0.6 is 0 Å². The van der Waals surface area contributed by atoms with Crippen molar-refractivity contribution in [1.82, 2.24) is 19.8 Å². The average molecular weight is 547 g/mol. The van der Waals surface area contributed by atoms with Crippen molar-refractivity contribution in [3.63, 3.8) is 0 Å². The molecular weight excluding hydrogens is 512 g/mol. The van der Waals surface area contributed by atoms with Crippen molar-refractivity contribution in [3.8, 4) is 6.07 Å². The molecule has 0 spiro atoms. The molecule has 2 saturated carbocycles. The molecule has 2 aromatic heterocycles. The Labute approximate surface area is 233 Å². The molecule has 2 bridgehead atoms. The maximum Gasteiger partial charge on any atom is 0.328 e. The highest BCUT2D eigenvalue weighted by molar-refractivity contribution is 6.03. The number of rotatable bonds is 8. The monoisotopic (exact) mass is 546 g/mol. The number of carbonyl (C=O) groups excluding carboxylic acids is 3. The van der Waals surface area contributed by atoms with Crippen LogP contribution in [0, 0.1) is 11.3 Å². The van der Waals surface area contributed by atoms with E-state index in [0.717, 1.165) is 24.8 Å². The number of methoxy groups -OCH3 is 1. The van der Waals surface area contributed by atoms with Gasteiger partial charge in [-0.3, -0.25) is 19.8 Å². The summed E-state index contributed by atoms with van der Waals surface area (Å²) in [6, 6.07) is 6.60. The lowest BCUT2D eigenvalue weighted by molar-refractivity contribution is -0.141. The zero-order valence-electron chi connectivity index (χ0n) is 23.2. The number of pyridine rings is 2. The number of aromatic nitrogens is 2. The molecule has 2 aromatic rings. The minimum Gasteiger partial charge on any atom is -0.379 e. The van der Waals surface area contributed by atoms with Gasteiger partial charge in [0.1, 0.15) is 23.4 Å². The lowest BCUT2D eigenvalue weighted by atomic mass is 9.63. The Morgan fingerprint density at radius 2 is 2.05 bits per heavy atom.